The minimum atomic E-state index is -0.546. The zero-order chi connectivity index (χ0) is 30.8. The highest BCUT2D eigenvalue weighted by molar-refractivity contribution is 6.15. The van der Waals surface area contributed by atoms with E-state index in [0.717, 1.165) is 6.54 Å². The standard InChI is InChI=1S/C34H40N2O6/c1-20-14-23(32(37)40-9)15-21(2)31(20)42-33(38)30-26-16-24(39-8)10-12-28(26)35-29-13-11-25(17-27(29)30)41-18-22(3)34(4,5)19-36(6)7/h10-17,22H,18-19H2,1-9H3. The number of esters is 2. The smallest absolute Gasteiger partial charge is 0.344 e. The molecule has 0 N–H and O–H groups in total. The molecule has 4 rings (SSSR count). The molecule has 0 fully saturated rings. The Morgan fingerprint density at radius 2 is 1.45 bits per heavy atom. The van der Waals surface area contributed by atoms with Crippen molar-refractivity contribution in [3.63, 3.8) is 0 Å². The van der Waals surface area contributed by atoms with Gasteiger partial charge in [0.15, 0.2) is 0 Å². The van der Waals surface area contributed by atoms with Gasteiger partial charge in [-0.2, -0.15) is 0 Å². The molecule has 8 nitrogen and oxygen atoms in total. The van der Waals surface area contributed by atoms with E-state index in [4.69, 9.17) is 23.9 Å². The molecule has 4 aromatic rings. The molecular weight excluding hydrogens is 532 g/mol. The van der Waals surface area contributed by atoms with Gasteiger partial charge in [-0.15, -0.1) is 0 Å². The first-order chi connectivity index (χ1) is 19.8. The number of aryl methyl sites for hydroxylation is 2. The maximum absolute atomic E-state index is 14.0. The minimum absolute atomic E-state index is 0.0444. The molecule has 1 heterocycles. The van der Waals surface area contributed by atoms with Crippen molar-refractivity contribution in [1.82, 2.24) is 9.88 Å². The Labute approximate surface area is 247 Å². The number of nitrogens with zero attached hydrogens (tertiary/aromatic N) is 2. The second-order valence-electron chi connectivity index (χ2n) is 11.8. The third-order valence-electron chi connectivity index (χ3n) is 7.79. The molecule has 0 spiro atoms. The summed E-state index contributed by atoms with van der Waals surface area (Å²) in [5.41, 5.74) is 3.35. The van der Waals surface area contributed by atoms with E-state index in [-0.39, 0.29) is 11.3 Å². The Bertz CT molecular complexity index is 1620. The van der Waals surface area contributed by atoms with Gasteiger partial charge in [0.1, 0.15) is 17.2 Å². The van der Waals surface area contributed by atoms with Crippen molar-refractivity contribution in [2.75, 3.05) is 41.5 Å². The average Bonchev–Trinajstić information content (AvgIpc) is 2.94. The van der Waals surface area contributed by atoms with E-state index in [1.54, 1.807) is 39.2 Å². The Kier molecular flexibility index (Phi) is 9.06. The van der Waals surface area contributed by atoms with Crippen LogP contribution >= 0.6 is 0 Å². The van der Waals surface area contributed by atoms with Gasteiger partial charge in [0, 0.05) is 17.3 Å². The predicted octanol–water partition coefficient (Wildman–Crippen LogP) is 6.62. The molecule has 0 bridgehead atoms. The van der Waals surface area contributed by atoms with Gasteiger partial charge >= 0.3 is 11.9 Å². The summed E-state index contributed by atoms with van der Waals surface area (Å²) < 4.78 is 22.6. The van der Waals surface area contributed by atoms with Gasteiger partial charge in [-0.25, -0.2) is 14.6 Å². The number of hydrogen-bond donors (Lipinski definition) is 0. The molecule has 3 aromatic carbocycles. The fraction of sp³-hybridized carbons (Fsp3) is 0.382. The largest absolute Gasteiger partial charge is 0.497 e. The quantitative estimate of drug-likeness (QED) is 0.119. The molecule has 8 heteroatoms. The average molecular weight is 573 g/mol. The Balaban J connectivity index is 1.78. The van der Waals surface area contributed by atoms with Crippen molar-refractivity contribution >= 4 is 33.7 Å². The number of ether oxygens (including phenoxy) is 4. The summed E-state index contributed by atoms with van der Waals surface area (Å²) >= 11 is 0. The maximum atomic E-state index is 14.0. The van der Waals surface area contributed by atoms with Crippen molar-refractivity contribution < 1.29 is 28.5 Å². The Morgan fingerprint density at radius 1 is 0.881 bits per heavy atom. The molecule has 222 valence electrons. The molecule has 1 unspecified atom stereocenters. The van der Waals surface area contributed by atoms with Gasteiger partial charge in [0.05, 0.1) is 43.0 Å². The number of aromatic nitrogens is 1. The molecule has 0 amide bonds. The van der Waals surface area contributed by atoms with E-state index in [2.05, 4.69) is 39.8 Å². The second-order valence-corrected chi connectivity index (χ2v) is 11.8. The highest BCUT2D eigenvalue weighted by atomic mass is 16.5. The first-order valence-corrected chi connectivity index (χ1v) is 14.0. The van der Waals surface area contributed by atoms with Crippen LogP contribution in [0.5, 0.6) is 17.2 Å². The Hall–Kier alpha value is -4.17. The minimum Gasteiger partial charge on any atom is -0.497 e. The molecule has 0 aliphatic rings. The third kappa shape index (κ3) is 6.49. The first-order valence-electron chi connectivity index (χ1n) is 14.0. The molecule has 0 saturated carbocycles. The summed E-state index contributed by atoms with van der Waals surface area (Å²) in [5, 5.41) is 1.21. The van der Waals surface area contributed by atoms with Gasteiger partial charge < -0.3 is 23.8 Å². The number of fused-ring (bicyclic) bond motifs is 2. The van der Waals surface area contributed by atoms with Gasteiger partial charge in [-0.05, 0) is 98.9 Å². The number of carbonyl (C=O) groups excluding carboxylic acids is 2. The van der Waals surface area contributed by atoms with Crippen molar-refractivity contribution in [2.24, 2.45) is 11.3 Å². The molecule has 1 aromatic heterocycles. The van der Waals surface area contributed by atoms with Crippen LogP contribution in [0.15, 0.2) is 48.5 Å². The number of hydrogen-bond acceptors (Lipinski definition) is 8. The lowest BCUT2D eigenvalue weighted by atomic mass is 9.80. The lowest BCUT2D eigenvalue weighted by molar-refractivity contribution is 0.0600. The van der Waals surface area contributed by atoms with E-state index >= 15 is 0 Å². The van der Waals surface area contributed by atoms with Crippen LogP contribution in [0.25, 0.3) is 21.8 Å². The van der Waals surface area contributed by atoms with Gasteiger partial charge in [-0.1, -0.05) is 20.8 Å². The second kappa shape index (κ2) is 12.4. The molecule has 42 heavy (non-hydrogen) atoms. The monoisotopic (exact) mass is 572 g/mol. The van der Waals surface area contributed by atoms with E-state index < -0.39 is 11.9 Å². The van der Waals surface area contributed by atoms with Gasteiger partial charge in [-0.3, -0.25) is 0 Å². The van der Waals surface area contributed by atoms with Crippen LogP contribution in [-0.4, -0.2) is 63.3 Å². The van der Waals surface area contributed by atoms with Crippen LogP contribution in [0, 0.1) is 25.2 Å². The van der Waals surface area contributed by atoms with Crippen molar-refractivity contribution in [3.05, 3.63) is 70.8 Å². The van der Waals surface area contributed by atoms with Crippen LogP contribution < -0.4 is 14.2 Å². The summed E-state index contributed by atoms with van der Waals surface area (Å²) in [4.78, 5) is 33.1. The summed E-state index contributed by atoms with van der Waals surface area (Å²) in [6, 6.07) is 14.3. The van der Waals surface area contributed by atoms with Gasteiger partial charge in [0.25, 0.3) is 0 Å². The highest BCUT2D eigenvalue weighted by Gasteiger charge is 2.27. The first kappa shape index (κ1) is 30.8. The number of benzene rings is 3. The van der Waals surface area contributed by atoms with E-state index in [0.29, 0.717) is 67.9 Å². The predicted molar refractivity (Wildman–Crippen MR) is 165 cm³/mol. The van der Waals surface area contributed by atoms with Crippen LogP contribution in [0.2, 0.25) is 0 Å². The van der Waals surface area contributed by atoms with Crippen molar-refractivity contribution in [1.29, 1.82) is 0 Å². The molecule has 0 saturated heterocycles. The lowest BCUT2D eigenvalue weighted by Gasteiger charge is -2.34. The zero-order valence-corrected chi connectivity index (χ0v) is 26.0. The van der Waals surface area contributed by atoms with Crippen LogP contribution in [0.3, 0.4) is 0 Å². The summed E-state index contributed by atoms with van der Waals surface area (Å²) in [5.74, 6) is 0.898. The van der Waals surface area contributed by atoms with E-state index in [9.17, 15) is 9.59 Å². The fourth-order valence-electron chi connectivity index (χ4n) is 5.25. The molecular formula is C34H40N2O6. The summed E-state index contributed by atoms with van der Waals surface area (Å²) in [6.45, 7) is 11.7. The number of carbonyl (C=O) groups is 2. The summed E-state index contributed by atoms with van der Waals surface area (Å²) in [7, 11) is 7.05. The van der Waals surface area contributed by atoms with Crippen LogP contribution in [-0.2, 0) is 4.74 Å². The number of methoxy groups -OCH3 is 2. The Morgan fingerprint density at radius 3 is 2.00 bits per heavy atom. The number of pyridine rings is 1. The van der Waals surface area contributed by atoms with Crippen LogP contribution in [0.4, 0.5) is 0 Å². The third-order valence-corrected chi connectivity index (χ3v) is 7.79. The maximum Gasteiger partial charge on any atom is 0.344 e. The number of rotatable bonds is 10. The SMILES string of the molecule is COC(=O)c1cc(C)c(OC(=O)c2c3cc(OC)ccc3nc3ccc(OCC(C)C(C)(C)CN(C)C)cc23)c(C)c1. The molecule has 0 aliphatic heterocycles. The normalized spacial score (nSPS) is 12.4. The van der Waals surface area contributed by atoms with Crippen molar-refractivity contribution in [2.45, 2.75) is 34.6 Å². The highest BCUT2D eigenvalue weighted by Crippen LogP contribution is 2.34. The van der Waals surface area contributed by atoms with Crippen molar-refractivity contribution in [3.8, 4) is 17.2 Å². The zero-order valence-electron chi connectivity index (χ0n) is 26.0. The van der Waals surface area contributed by atoms with E-state index in [1.165, 1.54) is 7.11 Å². The van der Waals surface area contributed by atoms with E-state index in [1.807, 2.05) is 30.3 Å². The molecule has 1 atom stereocenters. The fourth-order valence-corrected chi connectivity index (χ4v) is 5.25. The summed E-state index contributed by atoms with van der Waals surface area (Å²) in [6.07, 6.45) is 0. The van der Waals surface area contributed by atoms with Gasteiger partial charge in [0.2, 0.25) is 0 Å². The lowest BCUT2D eigenvalue weighted by Crippen LogP contribution is -2.36. The molecule has 0 radical (unpaired) electrons. The topological polar surface area (TPSA) is 87.2 Å². The molecule has 0 aliphatic carbocycles. The van der Waals surface area contributed by atoms with Crippen LogP contribution in [0.1, 0.15) is 52.6 Å².